The number of anilines is 1. The monoisotopic (exact) mass is 271 g/mol. The maximum atomic E-state index is 11.3. The van der Waals surface area contributed by atoms with Crippen LogP contribution < -0.4 is 10.1 Å². The third kappa shape index (κ3) is 3.91. The first kappa shape index (κ1) is 12.0. The van der Waals surface area contributed by atoms with E-state index in [0.29, 0.717) is 6.61 Å². The highest BCUT2D eigenvalue weighted by atomic mass is 79.9. The van der Waals surface area contributed by atoms with Crippen LogP contribution in [0.4, 0.5) is 5.69 Å². The van der Waals surface area contributed by atoms with Gasteiger partial charge >= 0.3 is 0 Å². The van der Waals surface area contributed by atoms with Crippen molar-refractivity contribution < 1.29 is 9.53 Å². The van der Waals surface area contributed by atoms with Gasteiger partial charge in [-0.1, -0.05) is 15.9 Å². The average molecular weight is 272 g/mol. The number of carbonyl (C=O) groups excluding carboxylic acids is 1. The van der Waals surface area contributed by atoms with Gasteiger partial charge in [0.2, 0.25) is 5.91 Å². The van der Waals surface area contributed by atoms with Crippen molar-refractivity contribution in [2.24, 2.45) is 0 Å². The van der Waals surface area contributed by atoms with Crippen molar-refractivity contribution in [3.63, 3.8) is 0 Å². The Labute approximate surface area is 97.9 Å². The molecule has 1 unspecified atom stereocenters. The van der Waals surface area contributed by atoms with Gasteiger partial charge in [0.15, 0.2) is 0 Å². The summed E-state index contributed by atoms with van der Waals surface area (Å²) in [4.78, 5) is 11.1. The number of hydrogen-bond donors (Lipinski definition) is 1. The molecule has 1 rings (SSSR count). The van der Waals surface area contributed by atoms with Crippen LogP contribution in [0.2, 0.25) is 0 Å². The summed E-state index contributed by atoms with van der Waals surface area (Å²) < 4.78 is 5.29. The highest BCUT2D eigenvalue weighted by molar-refractivity contribution is 9.10. The normalized spacial score (nSPS) is 11.9. The molecule has 82 valence electrons. The molecule has 15 heavy (non-hydrogen) atoms. The maximum absolute atomic E-state index is 11.3. The number of rotatable bonds is 4. The molecular weight excluding hydrogens is 258 g/mol. The lowest BCUT2D eigenvalue weighted by Crippen LogP contribution is -2.19. The molecule has 0 radical (unpaired) electrons. The summed E-state index contributed by atoms with van der Waals surface area (Å²) in [5.41, 5.74) is 0.773. The zero-order chi connectivity index (χ0) is 11.3. The first-order valence-electron chi connectivity index (χ1n) is 4.81. The van der Waals surface area contributed by atoms with Crippen molar-refractivity contribution in [3.8, 4) is 5.75 Å². The van der Waals surface area contributed by atoms with Gasteiger partial charge in [0.25, 0.3) is 0 Å². The number of benzene rings is 1. The van der Waals surface area contributed by atoms with Crippen LogP contribution >= 0.6 is 15.9 Å². The highest BCUT2D eigenvalue weighted by Crippen LogP contribution is 2.16. The predicted molar refractivity (Wildman–Crippen MR) is 64.6 cm³/mol. The van der Waals surface area contributed by atoms with Gasteiger partial charge in [-0.25, -0.2) is 0 Å². The van der Waals surface area contributed by atoms with Gasteiger partial charge in [-0.2, -0.15) is 0 Å². The Morgan fingerprint density at radius 1 is 1.47 bits per heavy atom. The van der Waals surface area contributed by atoms with E-state index >= 15 is 0 Å². The molecule has 0 heterocycles. The van der Waals surface area contributed by atoms with E-state index in [9.17, 15) is 4.79 Å². The van der Waals surface area contributed by atoms with Gasteiger partial charge in [0.05, 0.1) is 11.4 Å². The van der Waals surface area contributed by atoms with Crippen molar-refractivity contribution in [1.29, 1.82) is 0 Å². The van der Waals surface area contributed by atoms with E-state index in [1.807, 2.05) is 31.2 Å². The Morgan fingerprint density at radius 3 is 2.53 bits per heavy atom. The van der Waals surface area contributed by atoms with E-state index in [2.05, 4.69) is 21.2 Å². The van der Waals surface area contributed by atoms with Crippen LogP contribution in [0, 0.1) is 0 Å². The Morgan fingerprint density at radius 2 is 2.07 bits per heavy atom. The van der Waals surface area contributed by atoms with Crippen LogP contribution in [0.1, 0.15) is 13.8 Å². The van der Waals surface area contributed by atoms with E-state index < -0.39 is 0 Å². The topological polar surface area (TPSA) is 38.3 Å². The van der Waals surface area contributed by atoms with Crippen LogP contribution in [-0.4, -0.2) is 17.3 Å². The molecule has 0 saturated heterocycles. The highest BCUT2D eigenvalue weighted by Gasteiger charge is 2.08. The minimum Gasteiger partial charge on any atom is -0.494 e. The SMILES string of the molecule is CCOc1ccc(NC(=O)C(C)Br)cc1. The first-order chi connectivity index (χ1) is 7.13. The molecule has 0 aliphatic heterocycles. The summed E-state index contributed by atoms with van der Waals surface area (Å²) in [6.07, 6.45) is 0. The summed E-state index contributed by atoms with van der Waals surface area (Å²) in [5.74, 6) is 0.751. The Balaban J connectivity index is 2.60. The number of carbonyl (C=O) groups is 1. The fourth-order valence-electron chi connectivity index (χ4n) is 1.04. The minimum absolute atomic E-state index is 0.0563. The summed E-state index contributed by atoms with van der Waals surface area (Å²) in [5, 5.41) is 2.77. The van der Waals surface area contributed by atoms with Crippen molar-refractivity contribution in [1.82, 2.24) is 0 Å². The number of amides is 1. The summed E-state index contributed by atoms with van der Waals surface area (Å²) in [7, 11) is 0. The van der Waals surface area contributed by atoms with E-state index in [1.165, 1.54) is 0 Å². The first-order valence-corrected chi connectivity index (χ1v) is 5.73. The second kappa shape index (κ2) is 5.75. The molecule has 1 aromatic carbocycles. The lowest BCUT2D eigenvalue weighted by atomic mass is 10.3. The predicted octanol–water partition coefficient (Wildman–Crippen LogP) is 2.81. The van der Waals surface area contributed by atoms with Gasteiger partial charge in [-0.15, -0.1) is 0 Å². The smallest absolute Gasteiger partial charge is 0.237 e. The molecule has 0 fully saturated rings. The third-order valence-corrected chi connectivity index (χ3v) is 2.21. The van der Waals surface area contributed by atoms with Crippen molar-refractivity contribution in [2.45, 2.75) is 18.7 Å². The van der Waals surface area contributed by atoms with Crippen molar-refractivity contribution in [3.05, 3.63) is 24.3 Å². The van der Waals surface area contributed by atoms with Crippen molar-refractivity contribution >= 4 is 27.5 Å². The quantitative estimate of drug-likeness (QED) is 0.856. The van der Waals surface area contributed by atoms with E-state index in [1.54, 1.807) is 6.92 Å². The average Bonchev–Trinajstić information content (AvgIpc) is 2.21. The van der Waals surface area contributed by atoms with Crippen LogP contribution in [-0.2, 0) is 4.79 Å². The van der Waals surface area contributed by atoms with Gasteiger partial charge in [0, 0.05) is 5.69 Å². The Kier molecular flexibility index (Phi) is 4.62. The number of ether oxygens (including phenoxy) is 1. The summed E-state index contributed by atoms with van der Waals surface area (Å²) >= 11 is 3.20. The van der Waals surface area contributed by atoms with Gasteiger partial charge in [-0.3, -0.25) is 4.79 Å². The largest absolute Gasteiger partial charge is 0.494 e. The number of nitrogens with one attached hydrogen (secondary N) is 1. The zero-order valence-electron chi connectivity index (χ0n) is 8.79. The van der Waals surface area contributed by atoms with E-state index in [0.717, 1.165) is 11.4 Å². The fraction of sp³-hybridized carbons (Fsp3) is 0.364. The fourth-order valence-corrected chi connectivity index (χ4v) is 1.16. The van der Waals surface area contributed by atoms with E-state index in [4.69, 9.17) is 4.74 Å². The van der Waals surface area contributed by atoms with Crippen molar-refractivity contribution in [2.75, 3.05) is 11.9 Å². The standard InChI is InChI=1S/C11H14BrNO2/c1-3-15-10-6-4-9(5-7-10)13-11(14)8(2)12/h4-8H,3H2,1-2H3,(H,13,14). The number of hydrogen-bond acceptors (Lipinski definition) is 2. The molecule has 1 amide bonds. The molecule has 0 aromatic heterocycles. The summed E-state index contributed by atoms with van der Waals surface area (Å²) in [6, 6.07) is 7.30. The van der Waals surface area contributed by atoms with Crippen LogP contribution in [0.3, 0.4) is 0 Å². The second-order valence-electron chi connectivity index (χ2n) is 3.06. The number of alkyl halides is 1. The Bertz CT molecular complexity index is 322. The molecule has 0 aliphatic carbocycles. The van der Waals surface area contributed by atoms with Gasteiger partial charge in [0.1, 0.15) is 5.75 Å². The molecule has 1 N–H and O–H groups in total. The lowest BCUT2D eigenvalue weighted by molar-refractivity contribution is -0.115. The lowest BCUT2D eigenvalue weighted by Gasteiger charge is -2.07. The zero-order valence-corrected chi connectivity index (χ0v) is 10.4. The molecule has 0 spiro atoms. The van der Waals surface area contributed by atoms with Crippen LogP contribution in [0.15, 0.2) is 24.3 Å². The van der Waals surface area contributed by atoms with Crippen LogP contribution in [0.5, 0.6) is 5.75 Å². The molecule has 4 heteroatoms. The molecule has 1 aromatic rings. The molecule has 0 saturated carbocycles. The van der Waals surface area contributed by atoms with Gasteiger partial charge < -0.3 is 10.1 Å². The minimum atomic E-state index is -0.191. The Hall–Kier alpha value is -1.03. The third-order valence-electron chi connectivity index (χ3n) is 1.79. The molecule has 1 atom stereocenters. The maximum Gasteiger partial charge on any atom is 0.237 e. The molecule has 3 nitrogen and oxygen atoms in total. The molecular formula is C11H14BrNO2. The molecule has 0 aliphatic rings. The van der Waals surface area contributed by atoms with E-state index in [-0.39, 0.29) is 10.7 Å². The van der Waals surface area contributed by atoms with Gasteiger partial charge in [-0.05, 0) is 38.1 Å². The molecule has 0 bridgehead atoms. The second-order valence-corrected chi connectivity index (χ2v) is 4.44. The summed E-state index contributed by atoms with van der Waals surface area (Å²) in [6.45, 7) is 4.36. The van der Waals surface area contributed by atoms with Crippen LogP contribution in [0.25, 0.3) is 0 Å². The number of halogens is 1.